The van der Waals surface area contributed by atoms with Crippen LogP contribution in [0.15, 0.2) is 54.9 Å². The topological polar surface area (TPSA) is 115 Å². The standard InChI is InChI=1S/C30H36FN5O6/c1-20-6-9-23(10-7-20)40-13-12-34(5)28(38)19-35-17-22(16-32-35)33-27(37)15-24-18-36(29(39)42-30(2,3)4)25-14-21(31)8-11-26(25)41-24/h6-11,14,16-17,24H,12-13,15,18-19H2,1-5H3,(H,33,37). The molecule has 0 radical (unpaired) electrons. The minimum absolute atomic E-state index is 0.00743. The Bertz CT molecular complexity index is 1420. The largest absolute Gasteiger partial charge is 0.492 e. The van der Waals surface area contributed by atoms with E-state index < -0.39 is 23.6 Å². The number of rotatable bonds is 9. The van der Waals surface area contributed by atoms with Gasteiger partial charge in [-0.2, -0.15) is 5.10 Å². The van der Waals surface area contributed by atoms with Crippen LogP contribution >= 0.6 is 0 Å². The summed E-state index contributed by atoms with van der Waals surface area (Å²) in [7, 11) is 1.68. The van der Waals surface area contributed by atoms with Gasteiger partial charge in [0.15, 0.2) is 0 Å². The smallest absolute Gasteiger partial charge is 0.415 e. The molecule has 0 saturated heterocycles. The lowest BCUT2D eigenvalue weighted by atomic mass is 10.1. The Morgan fingerprint density at radius 1 is 1.17 bits per heavy atom. The van der Waals surface area contributed by atoms with Crippen LogP contribution in [0.2, 0.25) is 0 Å². The van der Waals surface area contributed by atoms with Crippen LogP contribution < -0.4 is 19.7 Å². The van der Waals surface area contributed by atoms with Crippen molar-refractivity contribution >= 4 is 29.3 Å². The molecule has 0 fully saturated rings. The number of aromatic nitrogens is 2. The number of aryl methyl sites for hydroxylation is 1. The van der Waals surface area contributed by atoms with Crippen LogP contribution in [0.4, 0.5) is 20.6 Å². The van der Waals surface area contributed by atoms with E-state index in [0.29, 0.717) is 18.8 Å². The van der Waals surface area contributed by atoms with E-state index in [4.69, 9.17) is 14.2 Å². The lowest BCUT2D eigenvalue weighted by molar-refractivity contribution is -0.131. The van der Waals surface area contributed by atoms with E-state index in [0.717, 1.165) is 11.3 Å². The second-order valence-electron chi connectivity index (χ2n) is 11.1. The van der Waals surface area contributed by atoms with Crippen LogP contribution in [0.3, 0.4) is 0 Å². The number of nitrogens with zero attached hydrogens (tertiary/aromatic N) is 4. The van der Waals surface area contributed by atoms with E-state index in [1.165, 1.54) is 34.0 Å². The summed E-state index contributed by atoms with van der Waals surface area (Å²) in [5.41, 5.74) is 1.01. The zero-order chi connectivity index (χ0) is 30.4. The summed E-state index contributed by atoms with van der Waals surface area (Å²) in [4.78, 5) is 41.1. The number of carbonyl (C=O) groups is 3. The highest BCUT2D eigenvalue weighted by Gasteiger charge is 2.34. The number of fused-ring (bicyclic) bond motifs is 1. The highest BCUT2D eigenvalue weighted by atomic mass is 19.1. The second kappa shape index (κ2) is 12.9. The number of hydrogen-bond donors (Lipinski definition) is 1. The Morgan fingerprint density at radius 2 is 1.90 bits per heavy atom. The molecule has 0 saturated carbocycles. The molecule has 12 heteroatoms. The fourth-order valence-corrected chi connectivity index (χ4v) is 4.17. The van der Waals surface area contributed by atoms with Gasteiger partial charge in [-0.3, -0.25) is 19.2 Å². The average Bonchev–Trinajstić information content (AvgIpc) is 3.34. The van der Waals surface area contributed by atoms with E-state index in [1.54, 1.807) is 38.9 Å². The van der Waals surface area contributed by atoms with Crippen LogP contribution in [0.1, 0.15) is 32.8 Å². The molecule has 224 valence electrons. The van der Waals surface area contributed by atoms with Gasteiger partial charge in [-0.25, -0.2) is 9.18 Å². The van der Waals surface area contributed by atoms with Crippen molar-refractivity contribution in [3.05, 3.63) is 66.2 Å². The lowest BCUT2D eigenvalue weighted by Gasteiger charge is -2.35. The number of halogens is 1. The third kappa shape index (κ3) is 8.45. The van der Waals surface area contributed by atoms with Gasteiger partial charge in [-0.15, -0.1) is 0 Å². The average molecular weight is 582 g/mol. The molecule has 1 unspecified atom stereocenters. The molecule has 2 heterocycles. The third-order valence-electron chi connectivity index (χ3n) is 6.27. The molecule has 0 aliphatic carbocycles. The van der Waals surface area contributed by atoms with Gasteiger partial charge in [0.25, 0.3) is 0 Å². The highest BCUT2D eigenvalue weighted by molar-refractivity contribution is 5.93. The monoisotopic (exact) mass is 581 g/mol. The van der Waals surface area contributed by atoms with E-state index in [1.807, 2.05) is 31.2 Å². The summed E-state index contributed by atoms with van der Waals surface area (Å²) in [6.07, 6.45) is 1.53. The van der Waals surface area contributed by atoms with Crippen LogP contribution in [0.25, 0.3) is 0 Å². The first-order chi connectivity index (χ1) is 19.9. The zero-order valence-electron chi connectivity index (χ0n) is 24.4. The van der Waals surface area contributed by atoms with Gasteiger partial charge in [-0.1, -0.05) is 17.7 Å². The number of amides is 3. The Kier molecular flexibility index (Phi) is 9.34. The van der Waals surface area contributed by atoms with Gasteiger partial charge >= 0.3 is 6.09 Å². The van der Waals surface area contributed by atoms with E-state index in [-0.39, 0.29) is 42.8 Å². The number of nitrogens with one attached hydrogen (secondary N) is 1. The molecule has 0 bridgehead atoms. The maximum atomic E-state index is 13.9. The summed E-state index contributed by atoms with van der Waals surface area (Å²) in [5, 5.41) is 6.91. The van der Waals surface area contributed by atoms with Crippen LogP contribution in [0, 0.1) is 12.7 Å². The van der Waals surface area contributed by atoms with Crippen molar-refractivity contribution in [1.29, 1.82) is 0 Å². The predicted molar refractivity (Wildman–Crippen MR) is 154 cm³/mol. The quantitative estimate of drug-likeness (QED) is 0.398. The highest BCUT2D eigenvalue weighted by Crippen LogP contribution is 2.35. The number of hydrogen-bond acceptors (Lipinski definition) is 7. The van der Waals surface area contributed by atoms with Crippen LogP contribution in [-0.4, -0.2) is 71.0 Å². The Hall–Kier alpha value is -4.61. The number of ether oxygens (including phenoxy) is 3. The van der Waals surface area contributed by atoms with Crippen LogP contribution in [0.5, 0.6) is 11.5 Å². The van der Waals surface area contributed by atoms with Crippen molar-refractivity contribution in [2.24, 2.45) is 0 Å². The minimum atomic E-state index is -0.763. The summed E-state index contributed by atoms with van der Waals surface area (Å²) in [6, 6.07) is 11.5. The second-order valence-corrected chi connectivity index (χ2v) is 11.1. The number of likely N-dealkylation sites (N-methyl/N-ethyl adjacent to an activating group) is 1. The van der Waals surface area contributed by atoms with Crippen LogP contribution in [-0.2, 0) is 20.9 Å². The summed E-state index contributed by atoms with van der Waals surface area (Å²) < 4.78 is 32.4. The van der Waals surface area contributed by atoms with E-state index in [9.17, 15) is 18.8 Å². The summed E-state index contributed by atoms with van der Waals surface area (Å²) in [6.45, 7) is 7.92. The predicted octanol–water partition coefficient (Wildman–Crippen LogP) is 4.40. The maximum absolute atomic E-state index is 13.9. The lowest BCUT2D eigenvalue weighted by Crippen LogP contribution is -2.46. The minimum Gasteiger partial charge on any atom is -0.492 e. The van der Waals surface area contributed by atoms with E-state index in [2.05, 4.69) is 10.4 Å². The Balaban J connectivity index is 1.28. The van der Waals surface area contributed by atoms with Gasteiger partial charge in [0.05, 0.1) is 37.1 Å². The van der Waals surface area contributed by atoms with Gasteiger partial charge in [0.2, 0.25) is 11.8 Å². The maximum Gasteiger partial charge on any atom is 0.415 e. The summed E-state index contributed by atoms with van der Waals surface area (Å²) in [5.74, 6) is -0.0732. The molecular weight excluding hydrogens is 545 g/mol. The molecule has 42 heavy (non-hydrogen) atoms. The van der Waals surface area contributed by atoms with Crippen molar-refractivity contribution in [2.75, 3.05) is 37.0 Å². The molecule has 1 aromatic heterocycles. The number of anilines is 2. The normalized spacial score (nSPS) is 14.4. The first kappa shape index (κ1) is 30.4. The van der Waals surface area contributed by atoms with Crippen molar-refractivity contribution in [3.8, 4) is 11.5 Å². The molecule has 0 spiro atoms. The first-order valence-corrected chi connectivity index (χ1v) is 13.6. The van der Waals surface area contributed by atoms with Gasteiger partial charge < -0.3 is 24.4 Å². The third-order valence-corrected chi connectivity index (χ3v) is 6.27. The molecule has 1 N–H and O–H groups in total. The fourth-order valence-electron chi connectivity index (χ4n) is 4.17. The molecule has 1 aliphatic heterocycles. The zero-order valence-corrected chi connectivity index (χ0v) is 24.4. The molecular formula is C30H36FN5O6. The molecule has 3 aromatic rings. The molecule has 1 aliphatic rings. The molecule has 4 rings (SSSR count). The van der Waals surface area contributed by atoms with Crippen molar-refractivity contribution < 1.29 is 33.0 Å². The fraction of sp³-hybridized carbons (Fsp3) is 0.400. The van der Waals surface area contributed by atoms with Crippen molar-refractivity contribution in [2.45, 2.75) is 52.4 Å². The van der Waals surface area contributed by atoms with Crippen molar-refractivity contribution in [1.82, 2.24) is 14.7 Å². The number of carbonyl (C=O) groups excluding carboxylic acids is 3. The van der Waals surface area contributed by atoms with Crippen molar-refractivity contribution in [3.63, 3.8) is 0 Å². The molecule has 1 atom stereocenters. The Labute approximate surface area is 244 Å². The SMILES string of the molecule is Cc1ccc(OCCN(C)C(=O)Cn2cc(NC(=O)CC3CN(C(=O)OC(C)(C)C)c4cc(F)ccc4O3)cn2)cc1. The van der Waals surface area contributed by atoms with Gasteiger partial charge in [0.1, 0.15) is 42.2 Å². The first-order valence-electron chi connectivity index (χ1n) is 13.6. The summed E-state index contributed by atoms with van der Waals surface area (Å²) >= 11 is 0. The number of benzene rings is 2. The van der Waals surface area contributed by atoms with Gasteiger partial charge in [0, 0.05) is 19.3 Å². The molecule has 11 nitrogen and oxygen atoms in total. The Morgan fingerprint density at radius 3 is 2.62 bits per heavy atom. The van der Waals surface area contributed by atoms with E-state index >= 15 is 0 Å². The molecule has 3 amide bonds. The molecule has 2 aromatic carbocycles. The van der Waals surface area contributed by atoms with Gasteiger partial charge in [-0.05, 0) is 52.0 Å².